The number of carbonyl (C=O) groups is 2. The highest BCUT2D eigenvalue weighted by molar-refractivity contribution is 6.14. The maximum Gasteiger partial charge on any atom is 0.290 e. The number of ether oxygens (including phenoxy) is 1. The summed E-state index contributed by atoms with van der Waals surface area (Å²) in [7, 11) is 0. The molecule has 7 heteroatoms. The lowest BCUT2D eigenvalue weighted by Gasteiger charge is -2.26. The van der Waals surface area contributed by atoms with Gasteiger partial charge in [-0.2, -0.15) is 0 Å². The zero-order valence-corrected chi connectivity index (χ0v) is 16.5. The van der Waals surface area contributed by atoms with Gasteiger partial charge >= 0.3 is 0 Å². The third-order valence-corrected chi connectivity index (χ3v) is 4.74. The van der Waals surface area contributed by atoms with Crippen LogP contribution < -0.4 is 4.74 Å². The first-order chi connectivity index (χ1) is 14.5. The van der Waals surface area contributed by atoms with Gasteiger partial charge in [0.2, 0.25) is 0 Å². The van der Waals surface area contributed by atoms with Crippen LogP contribution in [0.2, 0.25) is 0 Å². The summed E-state index contributed by atoms with van der Waals surface area (Å²) < 4.78 is 5.41. The van der Waals surface area contributed by atoms with Crippen molar-refractivity contribution in [3.05, 3.63) is 77.1 Å². The van der Waals surface area contributed by atoms with E-state index in [1.54, 1.807) is 19.1 Å². The van der Waals surface area contributed by atoms with Crippen LogP contribution in [-0.2, 0) is 9.59 Å². The van der Waals surface area contributed by atoms with Crippen molar-refractivity contribution in [2.75, 3.05) is 19.8 Å². The first kappa shape index (κ1) is 21.1. The molecular formula is C23H23NO6. The van der Waals surface area contributed by atoms with Gasteiger partial charge in [0.1, 0.15) is 0 Å². The Balaban J connectivity index is 2.02. The van der Waals surface area contributed by atoms with Gasteiger partial charge in [0.05, 0.1) is 24.8 Å². The zero-order chi connectivity index (χ0) is 21.7. The van der Waals surface area contributed by atoms with Crippen molar-refractivity contribution < 1.29 is 29.6 Å². The first-order valence-electron chi connectivity index (χ1n) is 9.56. The Morgan fingerprint density at radius 2 is 1.90 bits per heavy atom. The number of hydrogen-bond acceptors (Lipinski definition) is 6. The summed E-state index contributed by atoms with van der Waals surface area (Å²) in [5.41, 5.74) is 1.18. The van der Waals surface area contributed by atoms with Crippen LogP contribution in [0.3, 0.4) is 0 Å². The number of aliphatic hydroxyl groups excluding tert-OH is 2. The maximum atomic E-state index is 13.0. The molecule has 0 bridgehead atoms. The summed E-state index contributed by atoms with van der Waals surface area (Å²) in [4.78, 5) is 26.8. The molecule has 1 unspecified atom stereocenters. The summed E-state index contributed by atoms with van der Waals surface area (Å²) in [6.07, 6.45) is 2.90. The van der Waals surface area contributed by atoms with Crippen molar-refractivity contribution in [3.8, 4) is 11.5 Å². The van der Waals surface area contributed by atoms with Gasteiger partial charge in [0.25, 0.3) is 5.91 Å². The van der Waals surface area contributed by atoms with Gasteiger partial charge in [-0.1, -0.05) is 42.5 Å². The molecule has 0 saturated heterocycles. The average molecular weight is 409 g/mol. The summed E-state index contributed by atoms with van der Waals surface area (Å²) >= 11 is 0. The van der Waals surface area contributed by atoms with Gasteiger partial charge in [-0.15, -0.1) is 0 Å². The van der Waals surface area contributed by atoms with Crippen LogP contribution in [-0.4, -0.2) is 51.7 Å². The van der Waals surface area contributed by atoms with Crippen molar-refractivity contribution in [1.82, 2.24) is 4.90 Å². The Morgan fingerprint density at radius 1 is 1.17 bits per heavy atom. The summed E-state index contributed by atoms with van der Waals surface area (Å²) in [6.45, 7) is 1.66. The Morgan fingerprint density at radius 3 is 2.57 bits per heavy atom. The third-order valence-electron chi connectivity index (χ3n) is 4.74. The molecule has 1 heterocycles. The van der Waals surface area contributed by atoms with Gasteiger partial charge in [0.15, 0.2) is 23.0 Å². The van der Waals surface area contributed by atoms with Crippen LogP contribution in [0.4, 0.5) is 0 Å². The molecule has 0 aromatic heterocycles. The monoisotopic (exact) mass is 409 g/mol. The molecule has 0 saturated carbocycles. The number of ketones is 1. The van der Waals surface area contributed by atoms with Gasteiger partial charge < -0.3 is 25.0 Å². The zero-order valence-electron chi connectivity index (χ0n) is 16.5. The lowest BCUT2D eigenvalue weighted by Crippen LogP contribution is -2.33. The predicted octanol–water partition coefficient (Wildman–Crippen LogP) is 2.76. The number of amides is 1. The fourth-order valence-corrected chi connectivity index (χ4v) is 3.39. The van der Waals surface area contributed by atoms with Gasteiger partial charge in [-0.25, -0.2) is 0 Å². The van der Waals surface area contributed by atoms with Crippen LogP contribution in [0.25, 0.3) is 6.08 Å². The molecule has 3 rings (SSSR count). The van der Waals surface area contributed by atoms with E-state index in [4.69, 9.17) is 4.74 Å². The van der Waals surface area contributed by atoms with E-state index >= 15 is 0 Å². The highest BCUT2D eigenvalue weighted by Gasteiger charge is 2.42. The molecule has 1 aliphatic heterocycles. The molecule has 0 radical (unpaired) electrons. The number of hydrogen-bond donors (Lipinski definition) is 3. The molecule has 7 nitrogen and oxygen atoms in total. The number of carbonyl (C=O) groups excluding carboxylic acids is 2. The molecule has 0 aliphatic carbocycles. The predicted molar refractivity (Wildman–Crippen MR) is 111 cm³/mol. The minimum Gasteiger partial charge on any atom is -0.504 e. The Kier molecular flexibility index (Phi) is 6.54. The fourth-order valence-electron chi connectivity index (χ4n) is 3.39. The Bertz CT molecular complexity index is 996. The molecule has 1 atom stereocenters. The maximum absolute atomic E-state index is 13.0. The number of aromatic hydroxyl groups is 1. The van der Waals surface area contributed by atoms with Crippen molar-refractivity contribution in [2.24, 2.45) is 0 Å². The number of phenolic OH excluding ortho intramolecular Hbond substituents is 1. The first-order valence-corrected chi connectivity index (χ1v) is 9.56. The molecule has 156 valence electrons. The second-order valence-electron chi connectivity index (χ2n) is 6.66. The molecule has 0 spiro atoms. The lowest BCUT2D eigenvalue weighted by atomic mass is 9.95. The summed E-state index contributed by atoms with van der Waals surface area (Å²) in [6, 6.07) is 12.7. The highest BCUT2D eigenvalue weighted by Crippen LogP contribution is 2.40. The Hall–Kier alpha value is -3.58. The van der Waals surface area contributed by atoms with E-state index in [2.05, 4.69) is 0 Å². The van der Waals surface area contributed by atoms with Gasteiger partial charge in [-0.05, 0) is 36.3 Å². The minimum absolute atomic E-state index is 0.0718. The number of benzene rings is 2. The molecule has 0 fully saturated rings. The van der Waals surface area contributed by atoms with Gasteiger partial charge in [0, 0.05) is 6.54 Å². The standard InChI is InChI=1S/C23H23NO6/c1-2-30-19-14-16(9-11-17(19)26)21-20(22(28)23(29)24(21)12-13-25)18(27)10-8-15-6-4-3-5-7-15/h3-11,14,21,25-26,28H,2,12-13H2,1H3/b10-8+. The molecule has 30 heavy (non-hydrogen) atoms. The highest BCUT2D eigenvalue weighted by atomic mass is 16.5. The van der Waals surface area contributed by atoms with Crippen molar-refractivity contribution in [1.29, 1.82) is 0 Å². The number of allylic oxidation sites excluding steroid dienone is 1. The van der Waals surface area contributed by atoms with Crippen LogP contribution in [0, 0.1) is 0 Å². The topological polar surface area (TPSA) is 107 Å². The number of β-amino-alcohol motifs (C(OH)–C–C–N with tert-alkyl or cyclic N) is 1. The third kappa shape index (κ3) is 4.21. The van der Waals surface area contributed by atoms with Crippen molar-refractivity contribution >= 4 is 17.8 Å². The van der Waals surface area contributed by atoms with Crippen LogP contribution in [0.15, 0.2) is 65.9 Å². The molecule has 2 aromatic rings. The quantitative estimate of drug-likeness (QED) is 0.579. The second-order valence-corrected chi connectivity index (χ2v) is 6.66. The van der Waals surface area contributed by atoms with Crippen LogP contribution >= 0.6 is 0 Å². The van der Waals surface area contributed by atoms with Crippen molar-refractivity contribution in [3.63, 3.8) is 0 Å². The lowest BCUT2D eigenvalue weighted by molar-refractivity contribution is -0.129. The number of rotatable bonds is 8. The Labute approximate surface area is 174 Å². The molecule has 3 N–H and O–H groups in total. The largest absolute Gasteiger partial charge is 0.504 e. The van der Waals surface area contributed by atoms with Crippen LogP contribution in [0.1, 0.15) is 24.1 Å². The molecule has 2 aromatic carbocycles. The van der Waals surface area contributed by atoms with E-state index < -0.39 is 23.5 Å². The SMILES string of the molecule is CCOc1cc(C2C(C(=O)/C=C/c3ccccc3)=C(O)C(=O)N2CCO)ccc1O. The van der Waals surface area contributed by atoms with E-state index in [-0.39, 0.29) is 30.2 Å². The normalized spacial score (nSPS) is 16.5. The second kappa shape index (κ2) is 9.28. The van der Waals surface area contributed by atoms with E-state index in [0.29, 0.717) is 12.2 Å². The minimum atomic E-state index is -0.919. The summed E-state index contributed by atoms with van der Waals surface area (Å²) in [5.74, 6) is -1.80. The molecule has 1 amide bonds. The van der Waals surface area contributed by atoms with E-state index in [0.717, 1.165) is 5.56 Å². The summed E-state index contributed by atoms with van der Waals surface area (Å²) in [5, 5.41) is 29.8. The smallest absolute Gasteiger partial charge is 0.290 e. The average Bonchev–Trinajstić information content (AvgIpc) is 3.00. The van der Waals surface area contributed by atoms with E-state index in [1.807, 2.05) is 30.3 Å². The number of phenols is 1. The van der Waals surface area contributed by atoms with Crippen LogP contribution in [0.5, 0.6) is 11.5 Å². The van der Waals surface area contributed by atoms with Gasteiger partial charge in [-0.3, -0.25) is 9.59 Å². The molecular weight excluding hydrogens is 386 g/mol. The molecule has 1 aliphatic rings. The fraction of sp³-hybridized carbons (Fsp3) is 0.217. The van der Waals surface area contributed by atoms with E-state index in [9.17, 15) is 24.9 Å². The van der Waals surface area contributed by atoms with E-state index in [1.165, 1.54) is 23.1 Å². The number of aliphatic hydroxyl groups is 2. The number of nitrogens with zero attached hydrogens (tertiary/aromatic N) is 1. The van der Waals surface area contributed by atoms with Crippen molar-refractivity contribution in [2.45, 2.75) is 13.0 Å².